The number of hydrogen-bond acceptors (Lipinski definition) is 3. The van der Waals surface area contributed by atoms with Gasteiger partial charge in [-0.15, -0.1) is 0 Å². The van der Waals surface area contributed by atoms with E-state index in [1.165, 1.54) is 25.0 Å². The summed E-state index contributed by atoms with van der Waals surface area (Å²) in [5, 5.41) is 12.6. The Morgan fingerprint density at radius 1 is 1.50 bits per heavy atom. The fourth-order valence-corrected chi connectivity index (χ4v) is 3.32. The van der Waals surface area contributed by atoms with Gasteiger partial charge in [-0.25, -0.2) is 9.18 Å². The van der Waals surface area contributed by atoms with Crippen LogP contribution in [0.4, 0.5) is 10.1 Å². The molecule has 0 aliphatic carbocycles. The molecule has 18 heavy (non-hydrogen) atoms. The molecule has 0 bridgehead atoms. The van der Waals surface area contributed by atoms with Crippen molar-refractivity contribution in [3.05, 3.63) is 29.6 Å². The van der Waals surface area contributed by atoms with E-state index in [9.17, 15) is 9.18 Å². The fourth-order valence-electron chi connectivity index (χ4n) is 2.08. The molecule has 2 N–H and O–H groups in total. The van der Waals surface area contributed by atoms with E-state index in [0.29, 0.717) is 17.5 Å². The van der Waals surface area contributed by atoms with Gasteiger partial charge in [-0.3, -0.25) is 0 Å². The predicted molar refractivity (Wildman–Crippen MR) is 71.9 cm³/mol. The lowest BCUT2D eigenvalue weighted by atomic mass is 10.1. The second-order valence-corrected chi connectivity index (χ2v) is 5.75. The average Bonchev–Trinajstić information content (AvgIpc) is 2.37. The van der Waals surface area contributed by atoms with Crippen LogP contribution in [-0.2, 0) is 0 Å². The number of carboxylic acids is 1. The van der Waals surface area contributed by atoms with Gasteiger partial charge in [0.15, 0.2) is 0 Å². The maximum atomic E-state index is 13.4. The van der Waals surface area contributed by atoms with Gasteiger partial charge in [-0.2, -0.15) is 11.8 Å². The lowest BCUT2D eigenvalue weighted by Gasteiger charge is -2.22. The summed E-state index contributed by atoms with van der Waals surface area (Å²) in [5.74, 6) is -0.767. The Hall–Kier alpha value is -1.23. The third-order valence-corrected chi connectivity index (χ3v) is 4.42. The number of aromatic carboxylic acids is 1. The second-order valence-electron chi connectivity index (χ2n) is 4.34. The third-order valence-electron chi connectivity index (χ3n) is 3.02. The Bertz CT molecular complexity index is 433. The number of carbonyl (C=O) groups is 1. The van der Waals surface area contributed by atoms with E-state index < -0.39 is 11.8 Å². The SMILES string of the molecule is O=C(O)c1c(F)cccc1NCC1CCCCS1. The van der Waals surface area contributed by atoms with Crippen molar-refractivity contribution >= 4 is 23.4 Å². The molecule has 3 nitrogen and oxygen atoms in total. The van der Waals surface area contributed by atoms with Crippen LogP contribution in [0.15, 0.2) is 18.2 Å². The number of nitrogens with one attached hydrogen (secondary N) is 1. The smallest absolute Gasteiger partial charge is 0.340 e. The van der Waals surface area contributed by atoms with Crippen LogP contribution >= 0.6 is 11.8 Å². The first kappa shape index (κ1) is 13.2. The molecule has 1 fully saturated rings. The summed E-state index contributed by atoms with van der Waals surface area (Å²) in [6.07, 6.45) is 3.60. The Morgan fingerprint density at radius 3 is 3.00 bits per heavy atom. The quantitative estimate of drug-likeness (QED) is 0.881. The molecule has 0 saturated carbocycles. The first-order chi connectivity index (χ1) is 8.68. The molecular weight excluding hydrogens is 253 g/mol. The zero-order valence-electron chi connectivity index (χ0n) is 9.99. The molecule has 1 aliphatic rings. The van der Waals surface area contributed by atoms with Crippen molar-refractivity contribution in [1.82, 2.24) is 0 Å². The highest BCUT2D eigenvalue weighted by Gasteiger charge is 2.18. The Morgan fingerprint density at radius 2 is 2.33 bits per heavy atom. The average molecular weight is 269 g/mol. The monoisotopic (exact) mass is 269 g/mol. The van der Waals surface area contributed by atoms with E-state index in [0.717, 1.165) is 12.2 Å². The Balaban J connectivity index is 2.04. The van der Waals surface area contributed by atoms with Crippen molar-refractivity contribution in [3.8, 4) is 0 Å². The lowest BCUT2D eigenvalue weighted by Crippen LogP contribution is -2.21. The first-order valence-electron chi connectivity index (χ1n) is 6.06. The van der Waals surface area contributed by atoms with Crippen LogP contribution in [0.2, 0.25) is 0 Å². The van der Waals surface area contributed by atoms with Crippen molar-refractivity contribution < 1.29 is 14.3 Å². The minimum atomic E-state index is -1.23. The molecule has 0 aromatic heterocycles. The second kappa shape index (κ2) is 6.09. The molecule has 1 heterocycles. The van der Waals surface area contributed by atoms with E-state index in [1.807, 2.05) is 11.8 Å². The Labute approximate surface area is 110 Å². The molecule has 98 valence electrons. The van der Waals surface area contributed by atoms with Crippen LogP contribution < -0.4 is 5.32 Å². The molecule has 5 heteroatoms. The van der Waals surface area contributed by atoms with Crippen molar-refractivity contribution in [1.29, 1.82) is 0 Å². The van der Waals surface area contributed by atoms with Crippen molar-refractivity contribution in [3.63, 3.8) is 0 Å². The fraction of sp³-hybridized carbons (Fsp3) is 0.462. The molecule has 0 radical (unpaired) electrons. The number of carboxylic acid groups (broad SMARTS) is 1. The summed E-state index contributed by atoms with van der Waals surface area (Å²) in [4.78, 5) is 11.0. The largest absolute Gasteiger partial charge is 0.478 e. The minimum absolute atomic E-state index is 0.265. The van der Waals surface area contributed by atoms with Crippen molar-refractivity contribution in [2.75, 3.05) is 17.6 Å². The lowest BCUT2D eigenvalue weighted by molar-refractivity contribution is 0.0693. The summed E-state index contributed by atoms with van der Waals surface area (Å²) in [5.41, 5.74) is 0.104. The highest BCUT2D eigenvalue weighted by atomic mass is 32.2. The standard InChI is InChI=1S/C13H16FNO2S/c14-10-5-3-6-11(12(10)13(16)17)15-8-9-4-1-2-7-18-9/h3,5-6,9,15H,1-2,4,7-8H2,(H,16,17). The zero-order chi connectivity index (χ0) is 13.0. The van der Waals surface area contributed by atoms with E-state index in [4.69, 9.17) is 5.11 Å². The predicted octanol–water partition coefficient (Wildman–Crippen LogP) is 3.22. The summed E-state index contributed by atoms with van der Waals surface area (Å²) >= 11 is 1.90. The molecule has 1 aromatic carbocycles. The van der Waals surface area contributed by atoms with Crippen LogP contribution in [0.1, 0.15) is 29.6 Å². The number of hydrogen-bond donors (Lipinski definition) is 2. The molecule has 1 unspecified atom stereocenters. The maximum Gasteiger partial charge on any atom is 0.340 e. The zero-order valence-corrected chi connectivity index (χ0v) is 10.8. The topological polar surface area (TPSA) is 49.3 Å². The summed E-state index contributed by atoms with van der Waals surface area (Å²) in [6, 6.07) is 4.31. The van der Waals surface area contributed by atoms with Gasteiger partial charge in [0.2, 0.25) is 0 Å². The van der Waals surface area contributed by atoms with Gasteiger partial charge in [0.05, 0.1) is 5.69 Å². The van der Waals surface area contributed by atoms with Gasteiger partial charge in [0, 0.05) is 11.8 Å². The molecule has 1 saturated heterocycles. The number of benzene rings is 1. The van der Waals surface area contributed by atoms with Gasteiger partial charge in [0.1, 0.15) is 11.4 Å². The van der Waals surface area contributed by atoms with E-state index in [1.54, 1.807) is 6.07 Å². The number of thioether (sulfide) groups is 1. The number of halogens is 1. The number of anilines is 1. The summed E-state index contributed by atoms with van der Waals surface area (Å²) in [7, 11) is 0. The van der Waals surface area contributed by atoms with Crippen LogP contribution in [0.3, 0.4) is 0 Å². The van der Waals surface area contributed by atoms with Crippen LogP contribution in [-0.4, -0.2) is 28.6 Å². The molecule has 1 aromatic rings. The van der Waals surface area contributed by atoms with Crippen LogP contribution in [0.25, 0.3) is 0 Å². The van der Waals surface area contributed by atoms with Gasteiger partial charge >= 0.3 is 5.97 Å². The van der Waals surface area contributed by atoms with Gasteiger partial charge < -0.3 is 10.4 Å². The Kier molecular flexibility index (Phi) is 4.47. The van der Waals surface area contributed by atoms with E-state index >= 15 is 0 Å². The van der Waals surface area contributed by atoms with Gasteiger partial charge in [-0.1, -0.05) is 12.5 Å². The first-order valence-corrected chi connectivity index (χ1v) is 7.10. The number of rotatable bonds is 4. The normalized spacial score (nSPS) is 19.5. The van der Waals surface area contributed by atoms with Gasteiger partial charge in [0.25, 0.3) is 0 Å². The van der Waals surface area contributed by atoms with Crippen LogP contribution in [0, 0.1) is 5.82 Å². The minimum Gasteiger partial charge on any atom is -0.478 e. The van der Waals surface area contributed by atoms with Crippen molar-refractivity contribution in [2.24, 2.45) is 0 Å². The molecule has 0 amide bonds. The van der Waals surface area contributed by atoms with Gasteiger partial charge in [-0.05, 0) is 30.7 Å². The highest BCUT2D eigenvalue weighted by Crippen LogP contribution is 2.26. The van der Waals surface area contributed by atoms with Crippen LogP contribution in [0.5, 0.6) is 0 Å². The highest BCUT2D eigenvalue weighted by molar-refractivity contribution is 7.99. The third kappa shape index (κ3) is 3.16. The molecular formula is C13H16FNO2S. The summed E-state index contributed by atoms with van der Waals surface area (Å²) in [6.45, 7) is 0.689. The summed E-state index contributed by atoms with van der Waals surface area (Å²) < 4.78 is 13.4. The molecule has 1 atom stereocenters. The maximum absolute atomic E-state index is 13.4. The van der Waals surface area contributed by atoms with E-state index in [-0.39, 0.29) is 5.56 Å². The van der Waals surface area contributed by atoms with E-state index in [2.05, 4.69) is 5.32 Å². The van der Waals surface area contributed by atoms with Crippen molar-refractivity contribution in [2.45, 2.75) is 24.5 Å². The molecule has 1 aliphatic heterocycles. The molecule has 2 rings (SSSR count). The molecule has 0 spiro atoms.